The quantitative estimate of drug-likeness (QED) is 0.777. The van der Waals surface area contributed by atoms with Crippen LogP contribution in [0.4, 0.5) is 0 Å². The highest BCUT2D eigenvalue weighted by Crippen LogP contribution is 2.28. The molecule has 0 aliphatic rings. The molecule has 5 nitrogen and oxygen atoms in total. The summed E-state index contributed by atoms with van der Waals surface area (Å²) >= 11 is 11.8. The highest BCUT2D eigenvalue weighted by atomic mass is 35.5. The number of carbonyl (C=O) groups is 1. The summed E-state index contributed by atoms with van der Waals surface area (Å²) in [6.07, 6.45) is 2.06. The highest BCUT2D eigenvalue weighted by Gasteiger charge is 2.13. The molecule has 0 saturated heterocycles. The third-order valence-corrected chi connectivity index (χ3v) is 3.60. The van der Waals surface area contributed by atoms with Gasteiger partial charge >= 0.3 is 0 Å². The zero-order chi connectivity index (χ0) is 15.9. The molecule has 2 rings (SSSR count). The van der Waals surface area contributed by atoms with Crippen molar-refractivity contribution in [1.82, 2.24) is 10.3 Å². The number of hydrogen-bond acceptors (Lipinski definition) is 4. The van der Waals surface area contributed by atoms with Gasteiger partial charge in [0.05, 0.1) is 10.0 Å². The van der Waals surface area contributed by atoms with Crippen molar-refractivity contribution in [3.05, 3.63) is 40.2 Å². The average Bonchev–Trinajstić information content (AvgIpc) is 2.99. The summed E-state index contributed by atoms with van der Waals surface area (Å²) in [4.78, 5) is 16.1. The number of ether oxygens (including phenoxy) is 1. The van der Waals surface area contributed by atoms with Crippen LogP contribution >= 0.6 is 23.2 Å². The van der Waals surface area contributed by atoms with Gasteiger partial charge in [-0.25, -0.2) is 4.98 Å². The van der Waals surface area contributed by atoms with Gasteiger partial charge in [-0.05, 0) is 31.5 Å². The Labute approximate surface area is 138 Å². The molecule has 0 saturated carbocycles. The minimum absolute atomic E-state index is 0.220. The molecule has 1 aromatic heterocycles. The summed E-state index contributed by atoms with van der Waals surface area (Å²) in [5.41, 5.74) is 0.877. The number of benzene rings is 1. The van der Waals surface area contributed by atoms with Crippen LogP contribution in [0, 0.1) is 0 Å². The molecule has 0 radical (unpaired) electrons. The van der Waals surface area contributed by atoms with Crippen molar-refractivity contribution in [3.8, 4) is 11.5 Å². The van der Waals surface area contributed by atoms with E-state index in [0.717, 1.165) is 6.42 Å². The summed E-state index contributed by atoms with van der Waals surface area (Å²) in [6.45, 7) is 3.74. The van der Waals surface area contributed by atoms with E-state index < -0.39 is 0 Å². The van der Waals surface area contributed by atoms with Gasteiger partial charge in [0.25, 0.3) is 5.91 Å². The zero-order valence-corrected chi connectivity index (χ0v) is 13.6. The van der Waals surface area contributed by atoms with Crippen LogP contribution in [0.5, 0.6) is 0 Å². The standard InChI is InChI=1S/C15H16Cl2N2O3/c1-2-21-7-3-6-18-14(20)13-9-22-15(19-13)10-4-5-11(16)12(17)8-10/h4-5,8-9H,2-3,6-7H2,1H3,(H,18,20). The first-order valence-electron chi connectivity index (χ1n) is 6.88. The van der Waals surface area contributed by atoms with Crippen molar-refractivity contribution in [2.24, 2.45) is 0 Å². The lowest BCUT2D eigenvalue weighted by Gasteiger charge is -2.02. The van der Waals surface area contributed by atoms with Crippen LogP contribution in [-0.2, 0) is 4.74 Å². The van der Waals surface area contributed by atoms with E-state index in [1.165, 1.54) is 6.26 Å². The maximum atomic E-state index is 11.9. The molecular weight excluding hydrogens is 327 g/mol. The maximum Gasteiger partial charge on any atom is 0.273 e. The number of aromatic nitrogens is 1. The molecule has 1 amide bonds. The number of rotatable bonds is 7. The maximum absolute atomic E-state index is 11.9. The average molecular weight is 343 g/mol. The lowest BCUT2D eigenvalue weighted by molar-refractivity contribution is 0.0939. The van der Waals surface area contributed by atoms with Crippen molar-refractivity contribution >= 4 is 29.1 Å². The molecule has 0 aliphatic carbocycles. The van der Waals surface area contributed by atoms with Crippen molar-refractivity contribution in [1.29, 1.82) is 0 Å². The van der Waals surface area contributed by atoms with Crippen molar-refractivity contribution in [2.45, 2.75) is 13.3 Å². The third kappa shape index (κ3) is 4.47. The number of hydrogen-bond donors (Lipinski definition) is 1. The van der Waals surface area contributed by atoms with Crippen LogP contribution in [0.25, 0.3) is 11.5 Å². The van der Waals surface area contributed by atoms with Gasteiger partial charge in [-0.1, -0.05) is 23.2 Å². The van der Waals surface area contributed by atoms with Gasteiger partial charge in [0.1, 0.15) is 6.26 Å². The molecule has 7 heteroatoms. The van der Waals surface area contributed by atoms with E-state index in [1.807, 2.05) is 6.92 Å². The molecule has 1 aromatic carbocycles. The van der Waals surface area contributed by atoms with Gasteiger partial charge in [0.2, 0.25) is 5.89 Å². The summed E-state index contributed by atoms with van der Waals surface area (Å²) in [5, 5.41) is 3.61. The largest absolute Gasteiger partial charge is 0.444 e. The van der Waals surface area contributed by atoms with Crippen molar-refractivity contribution < 1.29 is 13.9 Å². The molecule has 0 fully saturated rings. The lowest BCUT2D eigenvalue weighted by atomic mass is 10.2. The molecule has 0 aliphatic heterocycles. The fourth-order valence-corrected chi connectivity index (χ4v) is 2.05. The van der Waals surface area contributed by atoms with E-state index in [-0.39, 0.29) is 11.6 Å². The Hall–Kier alpha value is -1.56. The number of nitrogens with one attached hydrogen (secondary N) is 1. The van der Waals surface area contributed by atoms with Gasteiger partial charge in [-0.2, -0.15) is 0 Å². The first-order valence-corrected chi connectivity index (χ1v) is 7.64. The van der Waals surface area contributed by atoms with E-state index in [4.69, 9.17) is 32.4 Å². The zero-order valence-electron chi connectivity index (χ0n) is 12.1. The first kappa shape index (κ1) is 16.8. The number of amides is 1. The molecule has 0 atom stereocenters. The van der Waals surface area contributed by atoms with Crippen LogP contribution in [0.2, 0.25) is 10.0 Å². The first-order chi connectivity index (χ1) is 10.6. The normalized spacial score (nSPS) is 10.7. The second kappa shape index (κ2) is 8.17. The van der Waals surface area contributed by atoms with E-state index in [9.17, 15) is 4.79 Å². The Morgan fingerprint density at radius 2 is 2.18 bits per heavy atom. The highest BCUT2D eigenvalue weighted by molar-refractivity contribution is 6.42. The van der Waals surface area contributed by atoms with Gasteiger partial charge in [-0.3, -0.25) is 4.79 Å². The number of halogens is 2. The molecule has 0 spiro atoms. The second-order valence-electron chi connectivity index (χ2n) is 4.47. The molecule has 22 heavy (non-hydrogen) atoms. The fraction of sp³-hybridized carbons (Fsp3) is 0.333. The van der Waals surface area contributed by atoms with Crippen molar-refractivity contribution in [2.75, 3.05) is 19.8 Å². The van der Waals surface area contributed by atoms with Gasteiger partial charge < -0.3 is 14.5 Å². The minimum Gasteiger partial charge on any atom is -0.444 e. The topological polar surface area (TPSA) is 64.4 Å². The van der Waals surface area contributed by atoms with Crippen molar-refractivity contribution in [3.63, 3.8) is 0 Å². The molecular formula is C15H16Cl2N2O3. The third-order valence-electron chi connectivity index (χ3n) is 2.86. The minimum atomic E-state index is -0.286. The van der Waals surface area contributed by atoms with Crippen LogP contribution < -0.4 is 5.32 Å². The summed E-state index contributed by atoms with van der Waals surface area (Å²) < 4.78 is 10.5. The SMILES string of the molecule is CCOCCCNC(=O)c1coc(-c2ccc(Cl)c(Cl)c2)n1. The Kier molecular flexibility index (Phi) is 6.24. The molecule has 0 bridgehead atoms. The number of nitrogens with zero attached hydrogens (tertiary/aromatic N) is 1. The smallest absolute Gasteiger partial charge is 0.273 e. The van der Waals surface area contributed by atoms with E-state index >= 15 is 0 Å². The van der Waals surface area contributed by atoms with Gasteiger partial charge in [-0.15, -0.1) is 0 Å². The molecule has 0 unspecified atom stereocenters. The van der Waals surface area contributed by atoms with Gasteiger partial charge in [0, 0.05) is 25.3 Å². The lowest BCUT2D eigenvalue weighted by Crippen LogP contribution is -2.25. The fourth-order valence-electron chi connectivity index (χ4n) is 1.75. The Morgan fingerprint density at radius 1 is 1.36 bits per heavy atom. The van der Waals surface area contributed by atoms with Crippen LogP contribution in [0.1, 0.15) is 23.8 Å². The van der Waals surface area contributed by atoms with E-state index in [1.54, 1.807) is 18.2 Å². The Balaban J connectivity index is 1.95. The van der Waals surface area contributed by atoms with Gasteiger partial charge in [0.15, 0.2) is 5.69 Å². The molecule has 118 valence electrons. The monoisotopic (exact) mass is 342 g/mol. The molecule has 1 heterocycles. The Morgan fingerprint density at radius 3 is 2.91 bits per heavy atom. The summed E-state index contributed by atoms with van der Waals surface area (Å²) in [5.74, 6) is 0.0320. The van der Waals surface area contributed by atoms with E-state index in [2.05, 4.69) is 10.3 Å². The number of oxazole rings is 1. The number of carbonyl (C=O) groups excluding carboxylic acids is 1. The van der Waals surface area contributed by atoms with Crippen LogP contribution in [-0.4, -0.2) is 30.6 Å². The summed E-state index contributed by atoms with van der Waals surface area (Å²) in [6, 6.07) is 5.01. The van der Waals surface area contributed by atoms with Crippen LogP contribution in [0.15, 0.2) is 28.9 Å². The molecule has 2 aromatic rings. The summed E-state index contributed by atoms with van der Waals surface area (Å²) in [7, 11) is 0. The predicted molar refractivity (Wildman–Crippen MR) is 85.4 cm³/mol. The second-order valence-corrected chi connectivity index (χ2v) is 5.29. The predicted octanol–water partition coefficient (Wildman–Crippen LogP) is 3.80. The van der Waals surface area contributed by atoms with E-state index in [0.29, 0.717) is 41.3 Å². The van der Waals surface area contributed by atoms with Crippen LogP contribution in [0.3, 0.4) is 0 Å². The Bertz CT molecular complexity index is 643. The molecule has 1 N–H and O–H groups in total.